The molecule has 0 amide bonds. The first-order chi connectivity index (χ1) is 12.0. The summed E-state index contributed by atoms with van der Waals surface area (Å²) in [7, 11) is 1.42. The molecule has 4 nitrogen and oxygen atoms in total. The monoisotopic (exact) mass is 336 g/mol. The zero-order chi connectivity index (χ0) is 17.7. The van der Waals surface area contributed by atoms with Crippen LogP contribution in [-0.4, -0.2) is 17.1 Å². The number of pyridine rings is 1. The second-order valence-corrected chi connectivity index (χ2v) is 6.20. The normalized spacial score (nSPS) is 11.4. The molecule has 0 spiro atoms. The van der Waals surface area contributed by atoms with Gasteiger partial charge in [-0.3, -0.25) is 4.79 Å². The summed E-state index contributed by atoms with van der Waals surface area (Å²) >= 11 is 0. The summed E-state index contributed by atoms with van der Waals surface area (Å²) < 4.78 is 20.0. The first kappa shape index (κ1) is 15.4. The number of hydrogen-bond donors (Lipinski definition) is 2. The fourth-order valence-corrected chi connectivity index (χ4v) is 3.33. The van der Waals surface area contributed by atoms with Gasteiger partial charge in [0.2, 0.25) is 0 Å². The summed E-state index contributed by atoms with van der Waals surface area (Å²) in [6, 6.07) is 10.9. The lowest BCUT2D eigenvalue weighted by Gasteiger charge is -2.11. The molecule has 4 aromatic rings. The van der Waals surface area contributed by atoms with Crippen molar-refractivity contribution >= 4 is 21.9 Å². The van der Waals surface area contributed by atoms with E-state index in [0.29, 0.717) is 27.7 Å². The van der Waals surface area contributed by atoms with E-state index in [1.165, 1.54) is 7.11 Å². The molecule has 0 fully saturated rings. The number of halogens is 1. The van der Waals surface area contributed by atoms with Crippen LogP contribution in [-0.2, 0) is 0 Å². The molecule has 0 aliphatic heterocycles. The molecule has 5 heteroatoms. The number of H-pyrrole nitrogens is 2. The maximum atomic E-state index is 14.9. The summed E-state index contributed by atoms with van der Waals surface area (Å²) in [5.41, 5.74) is 4.52. The molecule has 0 radical (unpaired) electrons. The van der Waals surface area contributed by atoms with Crippen molar-refractivity contribution in [3.05, 3.63) is 63.7 Å². The van der Waals surface area contributed by atoms with Crippen LogP contribution in [0.3, 0.4) is 0 Å². The molecule has 2 aromatic heterocycles. The lowest BCUT2D eigenvalue weighted by atomic mass is 9.99. The van der Waals surface area contributed by atoms with Crippen LogP contribution in [0.4, 0.5) is 4.39 Å². The van der Waals surface area contributed by atoms with E-state index in [9.17, 15) is 9.18 Å². The van der Waals surface area contributed by atoms with Crippen molar-refractivity contribution in [2.75, 3.05) is 7.11 Å². The lowest BCUT2D eigenvalue weighted by molar-refractivity contribution is 0.387. The Hall–Kier alpha value is -3.08. The molecular formula is C20H17FN2O2. The molecule has 2 N–H and O–H groups in total. The van der Waals surface area contributed by atoms with Gasteiger partial charge in [-0.15, -0.1) is 0 Å². The van der Waals surface area contributed by atoms with E-state index >= 15 is 0 Å². The molecule has 0 atom stereocenters. The molecule has 126 valence electrons. The van der Waals surface area contributed by atoms with Gasteiger partial charge in [-0.25, -0.2) is 4.39 Å². The van der Waals surface area contributed by atoms with Gasteiger partial charge in [0.15, 0.2) is 11.6 Å². The van der Waals surface area contributed by atoms with Gasteiger partial charge in [0.1, 0.15) is 0 Å². The standard InChI is InChI=1S/C20H17FN2O2/c1-10-7-8-14-13(9-10)18-19(22-14)16(11(2)20(24)23-18)12-5-4-6-15(25-3)17(12)21/h4-9,22H,1-3H3,(H,23,24). The van der Waals surface area contributed by atoms with Gasteiger partial charge < -0.3 is 14.7 Å². The Labute approximate surface area is 143 Å². The van der Waals surface area contributed by atoms with Gasteiger partial charge in [-0.05, 0) is 32.0 Å². The molecule has 25 heavy (non-hydrogen) atoms. The Balaban J connectivity index is 2.19. The van der Waals surface area contributed by atoms with E-state index in [1.54, 1.807) is 25.1 Å². The molecule has 2 aromatic carbocycles. The van der Waals surface area contributed by atoms with Crippen LogP contribution >= 0.6 is 0 Å². The van der Waals surface area contributed by atoms with Gasteiger partial charge in [0, 0.05) is 27.6 Å². The van der Waals surface area contributed by atoms with Crippen LogP contribution in [0.1, 0.15) is 11.1 Å². The van der Waals surface area contributed by atoms with Crippen molar-refractivity contribution < 1.29 is 9.13 Å². The fraction of sp³-hybridized carbons (Fsp3) is 0.150. The van der Waals surface area contributed by atoms with Crippen molar-refractivity contribution in [3.63, 3.8) is 0 Å². The SMILES string of the molecule is COc1cccc(-c2c(C)c(=O)[nH]c3c2[nH]c2ccc(C)cc23)c1F. The van der Waals surface area contributed by atoms with E-state index in [1.807, 2.05) is 25.1 Å². The number of nitrogens with one attached hydrogen (secondary N) is 2. The maximum Gasteiger partial charge on any atom is 0.252 e. The van der Waals surface area contributed by atoms with Gasteiger partial charge in [-0.2, -0.15) is 0 Å². The second-order valence-electron chi connectivity index (χ2n) is 6.20. The number of benzene rings is 2. The number of aromatic nitrogens is 2. The lowest BCUT2D eigenvalue weighted by Crippen LogP contribution is -2.11. The number of ether oxygens (including phenoxy) is 1. The average molecular weight is 336 g/mol. The minimum absolute atomic E-state index is 0.150. The largest absolute Gasteiger partial charge is 0.494 e. The Morgan fingerprint density at radius 2 is 1.84 bits per heavy atom. The third-order valence-corrected chi connectivity index (χ3v) is 4.61. The smallest absolute Gasteiger partial charge is 0.252 e. The first-order valence-corrected chi connectivity index (χ1v) is 7.99. The van der Waals surface area contributed by atoms with Crippen LogP contribution in [0.15, 0.2) is 41.2 Å². The van der Waals surface area contributed by atoms with E-state index in [0.717, 1.165) is 16.5 Å². The molecule has 0 bridgehead atoms. The van der Waals surface area contributed by atoms with Gasteiger partial charge in [0.25, 0.3) is 5.56 Å². The quantitative estimate of drug-likeness (QED) is 0.568. The third kappa shape index (κ3) is 2.23. The number of rotatable bonds is 2. The fourth-order valence-electron chi connectivity index (χ4n) is 3.33. The second kappa shape index (κ2) is 5.48. The third-order valence-electron chi connectivity index (χ3n) is 4.61. The van der Waals surface area contributed by atoms with Crippen LogP contribution in [0, 0.1) is 19.7 Å². The summed E-state index contributed by atoms with van der Waals surface area (Å²) in [6.45, 7) is 3.69. The van der Waals surface area contributed by atoms with E-state index in [2.05, 4.69) is 9.97 Å². The average Bonchev–Trinajstić information content (AvgIpc) is 2.94. The molecule has 0 aliphatic carbocycles. The zero-order valence-corrected chi connectivity index (χ0v) is 14.2. The highest BCUT2D eigenvalue weighted by atomic mass is 19.1. The van der Waals surface area contributed by atoms with Gasteiger partial charge in [-0.1, -0.05) is 23.8 Å². The minimum atomic E-state index is -0.477. The van der Waals surface area contributed by atoms with Crippen molar-refractivity contribution in [2.45, 2.75) is 13.8 Å². The van der Waals surface area contributed by atoms with Crippen LogP contribution < -0.4 is 10.3 Å². The highest BCUT2D eigenvalue weighted by molar-refractivity contribution is 6.10. The summed E-state index contributed by atoms with van der Waals surface area (Å²) in [6.07, 6.45) is 0. The van der Waals surface area contributed by atoms with Gasteiger partial charge in [0.05, 0.1) is 18.1 Å². The van der Waals surface area contributed by atoms with E-state index in [-0.39, 0.29) is 11.3 Å². The van der Waals surface area contributed by atoms with Crippen molar-refractivity contribution in [1.29, 1.82) is 0 Å². The summed E-state index contributed by atoms with van der Waals surface area (Å²) in [5.74, 6) is -0.327. The van der Waals surface area contributed by atoms with E-state index < -0.39 is 5.82 Å². The number of hydrogen-bond acceptors (Lipinski definition) is 2. The number of aryl methyl sites for hydroxylation is 1. The van der Waals surface area contributed by atoms with Crippen molar-refractivity contribution in [3.8, 4) is 16.9 Å². The topological polar surface area (TPSA) is 57.9 Å². The van der Waals surface area contributed by atoms with Crippen LogP contribution in [0.2, 0.25) is 0 Å². The van der Waals surface area contributed by atoms with Crippen molar-refractivity contribution in [2.24, 2.45) is 0 Å². The number of fused-ring (bicyclic) bond motifs is 3. The van der Waals surface area contributed by atoms with Gasteiger partial charge >= 0.3 is 0 Å². The Kier molecular flexibility index (Phi) is 3.39. The molecule has 2 heterocycles. The van der Waals surface area contributed by atoms with Crippen molar-refractivity contribution in [1.82, 2.24) is 9.97 Å². The first-order valence-electron chi connectivity index (χ1n) is 7.99. The zero-order valence-electron chi connectivity index (χ0n) is 14.2. The Morgan fingerprint density at radius 1 is 1.04 bits per heavy atom. The minimum Gasteiger partial charge on any atom is -0.494 e. The van der Waals surface area contributed by atoms with E-state index in [4.69, 9.17) is 4.74 Å². The maximum absolute atomic E-state index is 14.9. The molecule has 4 rings (SSSR count). The predicted octanol–water partition coefficient (Wildman–Crippen LogP) is 4.44. The summed E-state index contributed by atoms with van der Waals surface area (Å²) in [5, 5.41) is 0.914. The Morgan fingerprint density at radius 3 is 2.60 bits per heavy atom. The van der Waals surface area contributed by atoms with Crippen LogP contribution in [0.5, 0.6) is 5.75 Å². The van der Waals surface area contributed by atoms with Crippen LogP contribution in [0.25, 0.3) is 33.1 Å². The predicted molar refractivity (Wildman–Crippen MR) is 97.8 cm³/mol. The molecule has 0 saturated carbocycles. The highest BCUT2D eigenvalue weighted by Crippen LogP contribution is 2.36. The molecule has 0 unspecified atom stereocenters. The molecule has 0 saturated heterocycles. The number of aromatic amines is 2. The highest BCUT2D eigenvalue weighted by Gasteiger charge is 2.19. The molecule has 0 aliphatic rings. The number of methoxy groups -OCH3 is 1. The Bertz CT molecular complexity index is 1190. The molecular weight excluding hydrogens is 319 g/mol. The summed E-state index contributed by atoms with van der Waals surface area (Å²) in [4.78, 5) is 18.7.